The monoisotopic (exact) mass is 290 g/mol. The minimum atomic E-state index is -0.0344. The summed E-state index contributed by atoms with van der Waals surface area (Å²) >= 11 is 0. The first-order valence-electron chi connectivity index (χ1n) is 7.46. The van der Waals surface area contributed by atoms with Gasteiger partial charge in [0.1, 0.15) is 11.5 Å². The quantitative estimate of drug-likeness (QED) is 0.858. The predicted octanol–water partition coefficient (Wildman–Crippen LogP) is 1.29. The van der Waals surface area contributed by atoms with E-state index in [9.17, 15) is 4.79 Å². The molecule has 1 aromatic carbocycles. The Labute approximate surface area is 125 Å². The molecule has 2 unspecified atom stereocenters. The van der Waals surface area contributed by atoms with Gasteiger partial charge >= 0.3 is 0 Å². The smallest absolute Gasteiger partial charge is 0.225 e. The number of hydrogen-bond acceptors (Lipinski definition) is 4. The van der Waals surface area contributed by atoms with Crippen LogP contribution in [-0.2, 0) is 4.79 Å². The van der Waals surface area contributed by atoms with Crippen molar-refractivity contribution in [3.63, 3.8) is 0 Å². The first-order chi connectivity index (χ1) is 10.2. The summed E-state index contributed by atoms with van der Waals surface area (Å²) in [7, 11) is 3.29. The maximum Gasteiger partial charge on any atom is 0.225 e. The van der Waals surface area contributed by atoms with Crippen LogP contribution in [0.25, 0.3) is 0 Å². The molecule has 0 bridgehead atoms. The summed E-state index contributed by atoms with van der Waals surface area (Å²) in [6.07, 6.45) is 2.23. The van der Waals surface area contributed by atoms with Crippen molar-refractivity contribution in [1.29, 1.82) is 0 Å². The number of rotatable bonds is 5. The number of benzene rings is 1. The largest absolute Gasteiger partial charge is 0.497 e. The van der Waals surface area contributed by atoms with Gasteiger partial charge in [-0.1, -0.05) is 6.07 Å². The van der Waals surface area contributed by atoms with Crippen molar-refractivity contribution in [2.75, 3.05) is 27.3 Å². The molecule has 1 aromatic rings. The molecule has 1 heterocycles. The standard InChI is InChI=1S/C16H22N2O3/c1-20-11-5-6-12(15(7-11)21-2)13-8-17-9-14(13)16(19)18-10-3-4-10/h5-7,10,13-14,17H,3-4,8-9H2,1-2H3,(H,18,19). The normalized spacial score (nSPS) is 24.7. The van der Waals surface area contributed by atoms with E-state index in [-0.39, 0.29) is 17.7 Å². The van der Waals surface area contributed by atoms with Crippen LogP contribution in [0.4, 0.5) is 0 Å². The molecular formula is C16H22N2O3. The summed E-state index contributed by atoms with van der Waals surface area (Å²) in [5.41, 5.74) is 1.07. The number of ether oxygens (including phenoxy) is 2. The molecule has 2 N–H and O–H groups in total. The van der Waals surface area contributed by atoms with Crippen molar-refractivity contribution < 1.29 is 14.3 Å². The summed E-state index contributed by atoms with van der Waals surface area (Å²) in [6, 6.07) is 6.21. The summed E-state index contributed by atoms with van der Waals surface area (Å²) in [6.45, 7) is 1.52. The average Bonchev–Trinajstić information content (AvgIpc) is 3.18. The van der Waals surface area contributed by atoms with Crippen LogP contribution in [-0.4, -0.2) is 39.3 Å². The first kappa shape index (κ1) is 14.2. The maximum absolute atomic E-state index is 12.4. The number of hydrogen-bond donors (Lipinski definition) is 2. The zero-order valence-electron chi connectivity index (χ0n) is 12.5. The Morgan fingerprint density at radius 2 is 2.05 bits per heavy atom. The molecule has 1 aliphatic carbocycles. The van der Waals surface area contributed by atoms with Gasteiger partial charge in [-0.2, -0.15) is 0 Å². The summed E-state index contributed by atoms with van der Waals surface area (Å²) < 4.78 is 10.7. The lowest BCUT2D eigenvalue weighted by Gasteiger charge is -2.21. The van der Waals surface area contributed by atoms with Gasteiger partial charge in [-0.05, 0) is 24.5 Å². The highest BCUT2D eigenvalue weighted by molar-refractivity contribution is 5.81. The third kappa shape index (κ3) is 2.97. The fourth-order valence-electron chi connectivity index (χ4n) is 2.94. The number of carbonyl (C=O) groups excluding carboxylic acids is 1. The van der Waals surface area contributed by atoms with Crippen LogP contribution < -0.4 is 20.1 Å². The van der Waals surface area contributed by atoms with Crippen molar-refractivity contribution in [3.05, 3.63) is 23.8 Å². The maximum atomic E-state index is 12.4. The molecule has 21 heavy (non-hydrogen) atoms. The Morgan fingerprint density at radius 3 is 2.71 bits per heavy atom. The van der Waals surface area contributed by atoms with E-state index < -0.39 is 0 Å². The molecule has 2 atom stereocenters. The SMILES string of the molecule is COc1ccc(C2CNCC2C(=O)NC2CC2)c(OC)c1. The van der Waals surface area contributed by atoms with Gasteiger partial charge < -0.3 is 20.1 Å². The zero-order valence-corrected chi connectivity index (χ0v) is 12.5. The van der Waals surface area contributed by atoms with Crippen molar-refractivity contribution in [1.82, 2.24) is 10.6 Å². The Balaban J connectivity index is 1.82. The minimum Gasteiger partial charge on any atom is -0.497 e. The van der Waals surface area contributed by atoms with Crippen LogP contribution in [0.1, 0.15) is 24.3 Å². The highest BCUT2D eigenvalue weighted by Gasteiger charge is 2.37. The van der Waals surface area contributed by atoms with Crippen LogP contribution >= 0.6 is 0 Å². The van der Waals surface area contributed by atoms with E-state index >= 15 is 0 Å². The molecule has 0 aromatic heterocycles. The highest BCUT2D eigenvalue weighted by atomic mass is 16.5. The molecule has 114 valence electrons. The van der Waals surface area contributed by atoms with E-state index in [4.69, 9.17) is 9.47 Å². The molecule has 1 aliphatic heterocycles. The molecule has 0 spiro atoms. The lowest BCUT2D eigenvalue weighted by Crippen LogP contribution is -2.35. The lowest BCUT2D eigenvalue weighted by atomic mass is 9.87. The van der Waals surface area contributed by atoms with Crippen molar-refractivity contribution in [3.8, 4) is 11.5 Å². The summed E-state index contributed by atoms with van der Waals surface area (Å²) in [5, 5.41) is 6.44. The molecule has 1 amide bonds. The van der Waals surface area contributed by atoms with Crippen molar-refractivity contribution in [2.45, 2.75) is 24.8 Å². The van der Waals surface area contributed by atoms with Gasteiger partial charge in [-0.3, -0.25) is 4.79 Å². The fraction of sp³-hybridized carbons (Fsp3) is 0.562. The molecule has 1 saturated heterocycles. The highest BCUT2D eigenvalue weighted by Crippen LogP contribution is 2.37. The zero-order chi connectivity index (χ0) is 14.8. The molecule has 1 saturated carbocycles. The van der Waals surface area contributed by atoms with Gasteiger partial charge in [0.15, 0.2) is 0 Å². The van der Waals surface area contributed by atoms with Gasteiger partial charge in [-0.15, -0.1) is 0 Å². The van der Waals surface area contributed by atoms with Crippen molar-refractivity contribution in [2.24, 2.45) is 5.92 Å². The first-order valence-corrected chi connectivity index (χ1v) is 7.46. The molecule has 0 radical (unpaired) electrons. The fourth-order valence-corrected chi connectivity index (χ4v) is 2.94. The van der Waals surface area contributed by atoms with E-state index in [0.29, 0.717) is 6.04 Å². The summed E-state index contributed by atoms with van der Waals surface area (Å²) in [4.78, 5) is 12.4. The van der Waals surface area contributed by atoms with Gasteiger partial charge in [0.2, 0.25) is 5.91 Å². The molecule has 5 heteroatoms. The van der Waals surface area contributed by atoms with Crippen LogP contribution in [0.5, 0.6) is 11.5 Å². The summed E-state index contributed by atoms with van der Waals surface area (Å²) in [5.74, 6) is 1.82. The number of methoxy groups -OCH3 is 2. The van der Waals surface area contributed by atoms with Crippen molar-refractivity contribution >= 4 is 5.91 Å². The van der Waals surface area contributed by atoms with Gasteiger partial charge in [0.25, 0.3) is 0 Å². The van der Waals surface area contributed by atoms with E-state index in [1.165, 1.54) is 0 Å². The van der Waals surface area contributed by atoms with E-state index in [2.05, 4.69) is 10.6 Å². The molecule has 2 aliphatic rings. The Bertz CT molecular complexity index is 528. The second-order valence-electron chi connectivity index (χ2n) is 5.76. The second-order valence-corrected chi connectivity index (χ2v) is 5.76. The molecule has 5 nitrogen and oxygen atoms in total. The lowest BCUT2D eigenvalue weighted by molar-refractivity contribution is -0.124. The minimum absolute atomic E-state index is 0.0344. The third-order valence-electron chi connectivity index (χ3n) is 4.31. The molecular weight excluding hydrogens is 268 g/mol. The van der Waals surface area contributed by atoms with E-state index in [1.807, 2.05) is 18.2 Å². The average molecular weight is 290 g/mol. The Morgan fingerprint density at radius 1 is 1.24 bits per heavy atom. The molecule has 2 fully saturated rings. The Hall–Kier alpha value is -1.75. The third-order valence-corrected chi connectivity index (χ3v) is 4.31. The van der Waals surface area contributed by atoms with Crippen LogP contribution in [0.2, 0.25) is 0 Å². The second kappa shape index (κ2) is 5.93. The number of carbonyl (C=O) groups is 1. The van der Waals surface area contributed by atoms with Crippen LogP contribution in [0.15, 0.2) is 18.2 Å². The van der Waals surface area contributed by atoms with Gasteiger partial charge in [-0.25, -0.2) is 0 Å². The Kier molecular flexibility index (Phi) is 4.01. The topological polar surface area (TPSA) is 59.6 Å². The van der Waals surface area contributed by atoms with Crippen LogP contribution in [0, 0.1) is 5.92 Å². The number of amides is 1. The van der Waals surface area contributed by atoms with Gasteiger partial charge in [0.05, 0.1) is 20.1 Å². The molecule has 3 rings (SSSR count). The predicted molar refractivity (Wildman–Crippen MR) is 79.8 cm³/mol. The van der Waals surface area contributed by atoms with E-state index in [0.717, 1.165) is 43.0 Å². The van der Waals surface area contributed by atoms with Gasteiger partial charge in [0, 0.05) is 31.1 Å². The number of nitrogens with one attached hydrogen (secondary N) is 2. The van der Waals surface area contributed by atoms with Crippen LogP contribution in [0.3, 0.4) is 0 Å². The van der Waals surface area contributed by atoms with E-state index in [1.54, 1.807) is 14.2 Å².